The zero-order chi connectivity index (χ0) is 44.6. The van der Waals surface area contributed by atoms with Gasteiger partial charge in [-0.1, -0.05) is 175 Å². The molecule has 8 aromatic carbocycles. The number of aryl methyl sites for hydroxylation is 4. The molecule has 62 heavy (non-hydrogen) atoms. The minimum Gasteiger partial charge on any atom is -0.184 e. The van der Waals surface area contributed by atoms with Gasteiger partial charge in [0.15, 0.2) is 0 Å². The fourth-order valence-corrected chi connectivity index (χ4v) is 10.1. The third-order valence-corrected chi connectivity index (χ3v) is 13.4. The molecule has 0 saturated carbocycles. The van der Waals surface area contributed by atoms with E-state index in [4.69, 9.17) is 17.0 Å². The van der Waals surface area contributed by atoms with Crippen molar-refractivity contribution in [3.63, 3.8) is 0 Å². The summed E-state index contributed by atoms with van der Waals surface area (Å²) in [6, 6.07) is 54.7. The van der Waals surface area contributed by atoms with Crippen molar-refractivity contribution in [2.45, 2.75) is 106 Å². The van der Waals surface area contributed by atoms with Crippen LogP contribution in [0.1, 0.15) is 103 Å². The Bertz CT molecular complexity index is 2550. The van der Waals surface area contributed by atoms with Crippen molar-refractivity contribution in [2.75, 3.05) is 0 Å². The quantitative estimate of drug-likeness (QED) is 0.115. The van der Waals surface area contributed by atoms with Gasteiger partial charge in [-0.3, -0.25) is 0 Å². The molecule has 318 valence electrons. The molecule has 0 N–H and O–H groups in total. The first-order valence-corrected chi connectivity index (χ1v) is 29.6. The molecule has 0 spiro atoms. The molecule has 1 aliphatic heterocycles. The maximum atomic E-state index is 4.93. The molecule has 0 nitrogen and oxygen atoms in total. The van der Waals surface area contributed by atoms with Crippen molar-refractivity contribution >= 4 is 58.5 Å². The molecule has 0 saturated heterocycles. The summed E-state index contributed by atoms with van der Waals surface area (Å²) in [5.41, 5.74) is 17.3. The topological polar surface area (TPSA) is 0 Å². The number of hydrogen-bond acceptors (Lipinski definition) is 0. The van der Waals surface area contributed by atoms with Crippen molar-refractivity contribution in [3.05, 3.63) is 179 Å². The van der Waals surface area contributed by atoms with Crippen molar-refractivity contribution in [3.8, 4) is 33.4 Å². The van der Waals surface area contributed by atoms with Crippen LogP contribution in [0.4, 0.5) is 0 Å². The minimum atomic E-state index is -0.826. The van der Waals surface area contributed by atoms with Crippen LogP contribution in [0.15, 0.2) is 140 Å². The van der Waals surface area contributed by atoms with E-state index in [1.807, 2.05) is 6.07 Å². The zero-order valence-electron chi connectivity index (χ0n) is 38.4. The number of halogens is 2. The van der Waals surface area contributed by atoms with Gasteiger partial charge < -0.3 is 0 Å². The van der Waals surface area contributed by atoms with Crippen LogP contribution in [0.2, 0.25) is 0 Å². The van der Waals surface area contributed by atoms with Gasteiger partial charge in [0.1, 0.15) is 0 Å². The Balaban J connectivity index is 0.000000155. The molecule has 1 aliphatic rings. The fraction of sp³-hybridized carbons (Fsp3) is 0.276. The molecule has 4 heteroatoms. The summed E-state index contributed by atoms with van der Waals surface area (Å²) in [7, 11) is 10.7. The minimum absolute atomic E-state index is 0.133. The van der Waals surface area contributed by atoms with Gasteiger partial charge in [0, 0.05) is 0 Å². The molecule has 0 bridgehead atoms. The van der Waals surface area contributed by atoms with E-state index in [1.54, 1.807) is 0 Å². The molecule has 2 radical (unpaired) electrons. The molecule has 0 unspecified atom stereocenters. The predicted octanol–water partition coefficient (Wildman–Crippen LogP) is 15.8. The molecule has 0 aliphatic carbocycles. The second-order valence-electron chi connectivity index (χ2n) is 18.1. The van der Waals surface area contributed by atoms with Crippen molar-refractivity contribution in [1.82, 2.24) is 0 Å². The second-order valence-corrected chi connectivity index (χ2v) is 23.2. The summed E-state index contributed by atoms with van der Waals surface area (Å²) in [6.45, 7) is 22.9. The SMILES string of the molecule is CCc1cc2c(-c3ccccc3CC)c(C(C)(C)C)ccc2[cH-]1.CCc1cc2c(-c3ccccc3CC)c(C(C)(C)C)ccc2[cH-]1.[Cl][Zr][Cl].[c-]1cccc2c1[Si]c1ccccc1-2. The van der Waals surface area contributed by atoms with E-state index in [0.717, 1.165) is 35.2 Å². The molecule has 0 amide bonds. The van der Waals surface area contributed by atoms with E-state index >= 15 is 0 Å². The Kier molecular flexibility index (Phi) is 16.4. The summed E-state index contributed by atoms with van der Waals surface area (Å²) in [5, 5.41) is 8.39. The van der Waals surface area contributed by atoms with Gasteiger partial charge >= 0.3 is 37.9 Å². The monoisotopic (exact) mass is 945 g/mol. The van der Waals surface area contributed by atoms with Crippen LogP contribution in [-0.2, 0) is 57.4 Å². The average Bonchev–Trinajstić information content (AvgIpc) is 4.01. The van der Waals surface area contributed by atoms with Gasteiger partial charge in [-0.15, -0.1) is 74.6 Å². The third-order valence-electron chi connectivity index (χ3n) is 12.0. The number of hydrogen-bond donors (Lipinski definition) is 0. The summed E-state index contributed by atoms with van der Waals surface area (Å²) in [6.07, 6.45) is 4.32. The Hall–Kier alpha value is -3.78. The van der Waals surface area contributed by atoms with Crippen molar-refractivity contribution < 1.29 is 20.8 Å². The van der Waals surface area contributed by atoms with E-state index in [0.29, 0.717) is 0 Å². The van der Waals surface area contributed by atoms with Crippen LogP contribution in [0.25, 0.3) is 54.9 Å². The average molecular weight is 948 g/mol. The van der Waals surface area contributed by atoms with Gasteiger partial charge in [-0.2, -0.15) is 41.6 Å². The van der Waals surface area contributed by atoms with Crippen LogP contribution in [0, 0.1) is 6.07 Å². The van der Waals surface area contributed by atoms with Gasteiger partial charge in [0.2, 0.25) is 0 Å². The molecule has 0 atom stereocenters. The molecule has 9 rings (SSSR count). The molecule has 1 heterocycles. The predicted molar refractivity (Wildman–Crippen MR) is 272 cm³/mol. The summed E-state index contributed by atoms with van der Waals surface area (Å²) >= 11 is -0.826. The summed E-state index contributed by atoms with van der Waals surface area (Å²) in [4.78, 5) is 0. The molecular formula is C58H61Cl2SiZr-3. The van der Waals surface area contributed by atoms with E-state index in [2.05, 4.69) is 209 Å². The van der Waals surface area contributed by atoms with Gasteiger partial charge in [-0.05, 0) is 58.8 Å². The van der Waals surface area contributed by atoms with Crippen LogP contribution in [0.3, 0.4) is 0 Å². The van der Waals surface area contributed by atoms with Crippen LogP contribution in [0.5, 0.6) is 0 Å². The molecular weight excluding hydrogens is 887 g/mol. The second kappa shape index (κ2) is 21.3. The van der Waals surface area contributed by atoms with E-state index in [1.165, 1.54) is 98.7 Å². The molecule has 0 aromatic heterocycles. The standard InChI is InChI=1S/2C23H27.C12H7Si.2ClH.Zr/c2*1-6-16-14-18-12-13-21(23(3,4)5)22(20(18)15-16)19-11-9-8-10-17(19)7-2;1-3-7-11-9(5-1)10-6-2-4-8-12(10)13-11;;;/h2*8-15H,6-7H2,1-5H3;1-7H;2*1H;/q3*-1;;;+2/p-2. The largest absolute Gasteiger partial charge is 0.184 e. The summed E-state index contributed by atoms with van der Waals surface area (Å²) < 4.78 is 0. The first-order valence-electron chi connectivity index (χ1n) is 22.2. The molecule has 8 aromatic rings. The van der Waals surface area contributed by atoms with Crippen molar-refractivity contribution in [1.29, 1.82) is 0 Å². The normalized spacial score (nSPS) is 11.7. The van der Waals surface area contributed by atoms with Crippen LogP contribution in [-0.4, -0.2) is 9.52 Å². The Morgan fingerprint density at radius 2 is 0.935 bits per heavy atom. The zero-order valence-corrected chi connectivity index (χ0v) is 43.3. The Morgan fingerprint density at radius 1 is 0.516 bits per heavy atom. The first-order chi connectivity index (χ1) is 29.8. The van der Waals surface area contributed by atoms with Gasteiger partial charge in [0.25, 0.3) is 0 Å². The van der Waals surface area contributed by atoms with Gasteiger partial charge in [-0.25, -0.2) is 0 Å². The number of benzene rings is 6. The van der Waals surface area contributed by atoms with Gasteiger partial charge in [0.05, 0.1) is 9.52 Å². The van der Waals surface area contributed by atoms with E-state index in [-0.39, 0.29) is 10.8 Å². The van der Waals surface area contributed by atoms with Crippen LogP contribution < -0.4 is 10.4 Å². The smallest absolute Gasteiger partial charge is 0.0920 e. The first kappa shape index (κ1) is 47.7. The molecule has 0 fully saturated rings. The fourth-order valence-electron chi connectivity index (χ4n) is 8.80. The van der Waals surface area contributed by atoms with Crippen LogP contribution >= 0.6 is 17.0 Å². The maximum absolute atomic E-state index is 4.93. The Morgan fingerprint density at radius 3 is 1.37 bits per heavy atom. The third kappa shape index (κ3) is 10.8. The van der Waals surface area contributed by atoms with E-state index in [9.17, 15) is 0 Å². The number of fused-ring (bicyclic) bond motifs is 5. The van der Waals surface area contributed by atoms with E-state index < -0.39 is 20.8 Å². The number of rotatable bonds is 6. The van der Waals surface area contributed by atoms with Crippen molar-refractivity contribution in [2.24, 2.45) is 0 Å². The summed E-state index contributed by atoms with van der Waals surface area (Å²) in [5.74, 6) is 0. The Labute approximate surface area is 394 Å². The maximum Gasteiger partial charge on any atom is 0.0920 e.